The van der Waals surface area contributed by atoms with E-state index in [0.717, 1.165) is 0 Å². The van der Waals surface area contributed by atoms with Gasteiger partial charge < -0.3 is 14.4 Å². The highest BCUT2D eigenvalue weighted by atomic mass is 32.1. The molecule has 0 radical (unpaired) electrons. The van der Waals surface area contributed by atoms with Gasteiger partial charge in [-0.15, -0.1) is 0 Å². The molecule has 0 atom stereocenters. The molecule has 1 aromatic carbocycles. The number of nitrogens with one attached hydrogen (secondary N) is 1. The summed E-state index contributed by atoms with van der Waals surface area (Å²) in [5.74, 6) is -0.804. The number of thiazole rings is 1. The molecule has 8 heteroatoms. The third kappa shape index (κ3) is 2.89. The topological polar surface area (TPSA) is 63.7 Å². The van der Waals surface area contributed by atoms with Gasteiger partial charge in [-0.05, 0) is 18.2 Å². The summed E-state index contributed by atoms with van der Waals surface area (Å²) in [5, 5.41) is 3.27. The summed E-state index contributed by atoms with van der Waals surface area (Å²) >= 11 is 1.26. The van der Waals surface area contributed by atoms with Crippen molar-refractivity contribution in [3.8, 4) is 0 Å². The maximum absolute atomic E-state index is 13.2. The molecule has 3 heterocycles. The van der Waals surface area contributed by atoms with Gasteiger partial charge in [0.2, 0.25) is 0 Å². The first kappa shape index (κ1) is 14.8. The lowest BCUT2D eigenvalue weighted by Gasteiger charge is -2.37. The van der Waals surface area contributed by atoms with E-state index in [4.69, 9.17) is 9.47 Å². The minimum Gasteiger partial charge on any atom is -0.347 e. The van der Waals surface area contributed by atoms with E-state index >= 15 is 0 Å². The molecule has 2 amide bonds. The largest absolute Gasteiger partial charge is 0.347 e. The van der Waals surface area contributed by atoms with Crippen LogP contribution in [0.2, 0.25) is 0 Å². The Morgan fingerprint density at radius 2 is 2.04 bits per heavy atom. The minimum atomic E-state index is -0.496. The molecule has 2 aliphatic rings. The van der Waals surface area contributed by atoms with Crippen molar-refractivity contribution in [3.05, 3.63) is 24.0 Å². The number of fused-ring (bicyclic) bond motifs is 1. The highest BCUT2D eigenvalue weighted by Gasteiger charge is 2.40. The fraction of sp³-hybridized carbons (Fsp3) is 0.467. The van der Waals surface area contributed by atoms with E-state index in [1.807, 2.05) is 0 Å². The molecule has 4 rings (SSSR count). The van der Waals surface area contributed by atoms with E-state index in [2.05, 4.69) is 10.3 Å². The smallest absolute Gasteiger partial charge is 0.323 e. The van der Waals surface area contributed by atoms with Crippen molar-refractivity contribution >= 4 is 32.7 Å². The normalized spacial score (nSPS) is 20.3. The Balaban J connectivity index is 1.41. The highest BCUT2D eigenvalue weighted by molar-refractivity contribution is 7.22. The van der Waals surface area contributed by atoms with Gasteiger partial charge in [0.15, 0.2) is 10.9 Å². The van der Waals surface area contributed by atoms with Gasteiger partial charge in [-0.3, -0.25) is 5.32 Å². The summed E-state index contributed by atoms with van der Waals surface area (Å²) < 4.78 is 25.2. The Kier molecular flexibility index (Phi) is 3.67. The molecule has 2 saturated heterocycles. The van der Waals surface area contributed by atoms with E-state index in [1.165, 1.54) is 23.5 Å². The second-order valence-corrected chi connectivity index (χ2v) is 6.69. The highest BCUT2D eigenvalue weighted by Crippen LogP contribution is 2.32. The second kappa shape index (κ2) is 5.70. The van der Waals surface area contributed by atoms with E-state index in [9.17, 15) is 9.18 Å². The number of piperidine rings is 1. The Hall–Kier alpha value is -1.77. The number of aromatic nitrogens is 1. The van der Waals surface area contributed by atoms with Crippen molar-refractivity contribution in [1.82, 2.24) is 9.88 Å². The van der Waals surface area contributed by atoms with Crippen molar-refractivity contribution in [2.75, 3.05) is 31.6 Å². The van der Waals surface area contributed by atoms with Crippen LogP contribution in [0.3, 0.4) is 0 Å². The summed E-state index contributed by atoms with van der Waals surface area (Å²) in [7, 11) is 0. The molecule has 0 bridgehead atoms. The fourth-order valence-electron chi connectivity index (χ4n) is 2.96. The number of nitrogens with zero attached hydrogens (tertiary/aromatic N) is 2. The average molecular weight is 337 g/mol. The molecule has 1 aromatic heterocycles. The molecule has 0 saturated carbocycles. The molecule has 6 nitrogen and oxygen atoms in total. The molecular weight excluding hydrogens is 321 g/mol. The van der Waals surface area contributed by atoms with Crippen LogP contribution in [0.15, 0.2) is 18.2 Å². The van der Waals surface area contributed by atoms with Crippen LogP contribution in [-0.2, 0) is 9.47 Å². The van der Waals surface area contributed by atoms with E-state index < -0.39 is 5.79 Å². The van der Waals surface area contributed by atoms with Crippen molar-refractivity contribution in [2.45, 2.75) is 18.6 Å². The number of hydrogen-bond acceptors (Lipinski definition) is 5. The summed E-state index contributed by atoms with van der Waals surface area (Å²) in [6, 6.07) is 4.19. The molecule has 1 spiro atoms. The van der Waals surface area contributed by atoms with Gasteiger partial charge in [-0.2, -0.15) is 0 Å². The number of carbonyl (C=O) groups is 1. The lowest BCUT2D eigenvalue weighted by atomic mass is 10.0. The number of anilines is 1. The van der Waals surface area contributed by atoms with Crippen molar-refractivity contribution < 1.29 is 18.7 Å². The third-order valence-corrected chi connectivity index (χ3v) is 5.12. The zero-order chi connectivity index (χ0) is 15.9. The summed E-state index contributed by atoms with van der Waals surface area (Å²) in [4.78, 5) is 18.4. The third-order valence-electron chi connectivity index (χ3n) is 4.19. The van der Waals surface area contributed by atoms with Crippen LogP contribution in [0, 0.1) is 5.82 Å². The zero-order valence-corrected chi connectivity index (χ0v) is 13.2. The maximum atomic E-state index is 13.2. The Morgan fingerprint density at radius 1 is 1.30 bits per heavy atom. The van der Waals surface area contributed by atoms with Crippen molar-refractivity contribution in [2.24, 2.45) is 0 Å². The van der Waals surface area contributed by atoms with Crippen molar-refractivity contribution in [1.29, 1.82) is 0 Å². The molecular formula is C15H16FN3O3S. The number of amides is 2. The van der Waals surface area contributed by atoms with Gasteiger partial charge in [0.25, 0.3) is 0 Å². The van der Waals surface area contributed by atoms with Gasteiger partial charge >= 0.3 is 6.03 Å². The molecule has 2 aliphatic heterocycles. The molecule has 1 N–H and O–H groups in total. The number of likely N-dealkylation sites (tertiary alicyclic amines) is 1. The minimum absolute atomic E-state index is 0.197. The number of benzene rings is 1. The zero-order valence-electron chi connectivity index (χ0n) is 12.4. The maximum Gasteiger partial charge on any atom is 0.323 e. The molecule has 122 valence electrons. The van der Waals surface area contributed by atoms with Crippen LogP contribution in [0.4, 0.5) is 14.3 Å². The van der Waals surface area contributed by atoms with Crippen molar-refractivity contribution in [3.63, 3.8) is 0 Å². The quantitative estimate of drug-likeness (QED) is 0.869. The summed E-state index contributed by atoms with van der Waals surface area (Å²) in [5.41, 5.74) is 0.678. The summed E-state index contributed by atoms with van der Waals surface area (Å²) in [6.07, 6.45) is 1.34. The number of carbonyl (C=O) groups excluding carboxylic acids is 1. The second-order valence-electron chi connectivity index (χ2n) is 5.66. The van der Waals surface area contributed by atoms with Crippen LogP contribution in [0.25, 0.3) is 10.2 Å². The first-order valence-corrected chi connectivity index (χ1v) is 8.35. The Labute approximate surface area is 136 Å². The average Bonchev–Trinajstić information content (AvgIpc) is 3.14. The lowest BCUT2D eigenvalue weighted by Crippen LogP contribution is -2.48. The molecule has 0 unspecified atom stereocenters. The van der Waals surface area contributed by atoms with E-state index in [1.54, 1.807) is 11.0 Å². The Morgan fingerprint density at radius 3 is 2.78 bits per heavy atom. The first-order valence-electron chi connectivity index (χ1n) is 7.54. The molecule has 23 heavy (non-hydrogen) atoms. The van der Waals surface area contributed by atoms with Crippen LogP contribution in [0.5, 0.6) is 0 Å². The van der Waals surface area contributed by atoms with Crippen LogP contribution in [0.1, 0.15) is 12.8 Å². The van der Waals surface area contributed by atoms with Gasteiger partial charge in [0.1, 0.15) is 5.82 Å². The van der Waals surface area contributed by atoms with E-state index in [-0.39, 0.29) is 11.8 Å². The Bertz CT molecular complexity index is 735. The van der Waals surface area contributed by atoms with Gasteiger partial charge in [0, 0.05) is 25.9 Å². The first-order chi connectivity index (χ1) is 11.1. The molecule has 2 aromatic rings. The predicted molar refractivity (Wildman–Crippen MR) is 84.0 cm³/mol. The summed E-state index contributed by atoms with van der Waals surface area (Å²) in [6.45, 7) is 2.39. The standard InChI is InChI=1S/C15H16FN3O3S/c16-10-1-2-11-12(9-10)23-13(17-11)18-14(20)19-5-3-15(4-6-19)21-7-8-22-15/h1-2,9H,3-8H2,(H,17,18,20). The SMILES string of the molecule is O=C(Nc1nc2ccc(F)cc2s1)N1CCC2(CC1)OCCO2. The van der Waals surface area contributed by atoms with Crippen LogP contribution >= 0.6 is 11.3 Å². The lowest BCUT2D eigenvalue weighted by molar-refractivity contribution is -0.181. The van der Waals surface area contributed by atoms with Crippen LogP contribution < -0.4 is 5.32 Å². The number of ether oxygens (including phenoxy) is 2. The van der Waals surface area contributed by atoms with Gasteiger partial charge in [-0.1, -0.05) is 11.3 Å². The fourth-order valence-corrected chi connectivity index (χ4v) is 3.84. The number of hydrogen-bond donors (Lipinski definition) is 1. The van der Waals surface area contributed by atoms with Gasteiger partial charge in [-0.25, -0.2) is 14.2 Å². The number of rotatable bonds is 1. The van der Waals surface area contributed by atoms with Crippen LogP contribution in [-0.4, -0.2) is 48.0 Å². The predicted octanol–water partition coefficient (Wildman–Crippen LogP) is 2.81. The monoisotopic (exact) mass is 337 g/mol. The van der Waals surface area contributed by atoms with E-state index in [0.29, 0.717) is 54.5 Å². The molecule has 0 aliphatic carbocycles. The molecule has 2 fully saturated rings. The number of halogens is 1. The van der Waals surface area contributed by atoms with Gasteiger partial charge in [0.05, 0.1) is 23.4 Å². The number of urea groups is 1.